The zero-order valence-corrected chi connectivity index (χ0v) is 22.4. The molecule has 1 aliphatic heterocycles. The Hall–Kier alpha value is -3.47. The molecule has 3 aromatic heterocycles. The predicted molar refractivity (Wildman–Crippen MR) is 137 cm³/mol. The Morgan fingerprint density at radius 3 is 2.42 bits per heavy atom. The van der Waals surface area contributed by atoms with E-state index in [1.807, 2.05) is 32.9 Å². The summed E-state index contributed by atoms with van der Waals surface area (Å²) < 4.78 is 12.6. The van der Waals surface area contributed by atoms with Crippen molar-refractivity contribution in [2.24, 2.45) is 0 Å². The molecule has 0 saturated carbocycles. The van der Waals surface area contributed by atoms with Gasteiger partial charge in [-0.05, 0) is 61.0 Å². The van der Waals surface area contributed by atoms with E-state index in [1.165, 1.54) is 11.3 Å². The second-order valence-corrected chi connectivity index (χ2v) is 11.7. The molecular weight excluding hydrogens is 482 g/mol. The van der Waals surface area contributed by atoms with Gasteiger partial charge in [-0.3, -0.25) is 9.69 Å². The van der Waals surface area contributed by atoms with E-state index < -0.39 is 29.4 Å². The monoisotopic (exact) mass is 513 g/mol. The van der Waals surface area contributed by atoms with Crippen LogP contribution in [-0.4, -0.2) is 54.6 Å². The van der Waals surface area contributed by atoms with E-state index in [9.17, 15) is 14.4 Å². The molecule has 0 aromatic carbocycles. The van der Waals surface area contributed by atoms with Gasteiger partial charge in [-0.1, -0.05) is 12.2 Å². The first kappa shape index (κ1) is 25.6. The van der Waals surface area contributed by atoms with Crippen molar-refractivity contribution in [1.82, 2.24) is 24.6 Å². The number of hydrogen-bond acceptors (Lipinski definition) is 8. The molecule has 11 heteroatoms. The molecule has 0 unspecified atom stereocenters. The van der Waals surface area contributed by atoms with Gasteiger partial charge in [0.25, 0.3) is 5.56 Å². The molecule has 0 spiro atoms. The molecule has 10 nitrogen and oxygen atoms in total. The lowest BCUT2D eigenvalue weighted by atomic mass is 10.1. The lowest BCUT2D eigenvalue weighted by Crippen LogP contribution is -2.41. The topological polar surface area (TPSA) is 119 Å². The Kier molecular flexibility index (Phi) is 6.54. The second kappa shape index (κ2) is 9.20. The largest absolute Gasteiger partial charge is 0.444 e. The highest BCUT2D eigenvalue weighted by molar-refractivity contribution is 7.22. The van der Waals surface area contributed by atoms with Gasteiger partial charge >= 0.3 is 12.2 Å². The van der Waals surface area contributed by atoms with Gasteiger partial charge in [0.1, 0.15) is 21.7 Å². The molecule has 1 amide bonds. The van der Waals surface area contributed by atoms with E-state index in [0.29, 0.717) is 40.3 Å². The van der Waals surface area contributed by atoms with Crippen LogP contribution in [0.5, 0.6) is 0 Å². The standard InChI is InChI=1S/C25H31N5O5S/c1-14-15(13-30(28-14)23(33)35-25(5,6)7)18-12-16-19(36-18)21(31)27-20(26-16)17-10-8-9-11-29(17)22(32)34-24(2,3)4/h8-9,12-13,17H,10-11H2,1-7H3,(H,26,27,31)/t17-/m0/s1. The van der Waals surface area contributed by atoms with Gasteiger partial charge in [-0.2, -0.15) is 9.78 Å². The molecule has 1 atom stereocenters. The number of carbonyl (C=O) groups excluding carboxylic acids is 2. The highest BCUT2D eigenvalue weighted by Gasteiger charge is 2.32. The fourth-order valence-corrected chi connectivity index (χ4v) is 4.86. The number of nitrogens with one attached hydrogen (secondary N) is 1. The molecular formula is C25H31N5O5S. The molecule has 0 radical (unpaired) electrons. The molecule has 0 aliphatic carbocycles. The highest BCUT2D eigenvalue weighted by Crippen LogP contribution is 2.34. The zero-order chi connectivity index (χ0) is 26.4. The number of aromatic nitrogens is 4. The Balaban J connectivity index is 1.68. The van der Waals surface area contributed by atoms with E-state index in [-0.39, 0.29) is 5.56 Å². The minimum absolute atomic E-state index is 0.290. The first-order valence-corrected chi connectivity index (χ1v) is 12.5. The van der Waals surface area contributed by atoms with Crippen LogP contribution >= 0.6 is 11.3 Å². The summed E-state index contributed by atoms with van der Waals surface area (Å²) >= 11 is 1.27. The molecule has 0 fully saturated rings. The van der Waals surface area contributed by atoms with Crippen molar-refractivity contribution >= 4 is 33.7 Å². The first-order chi connectivity index (χ1) is 16.7. The van der Waals surface area contributed by atoms with Crippen molar-refractivity contribution < 1.29 is 19.1 Å². The number of rotatable bonds is 2. The lowest BCUT2D eigenvalue weighted by molar-refractivity contribution is 0.0167. The SMILES string of the molecule is Cc1nn(C(=O)OC(C)(C)C)cc1-c1cc2nc([C@@H]3CC=CCN3C(=O)OC(C)(C)C)[nH]c(=O)c2s1. The van der Waals surface area contributed by atoms with Gasteiger partial charge in [0.05, 0.1) is 17.3 Å². The molecule has 1 aliphatic rings. The van der Waals surface area contributed by atoms with Gasteiger partial charge in [-0.15, -0.1) is 11.3 Å². The molecule has 3 aromatic rings. The van der Waals surface area contributed by atoms with Crippen LogP contribution in [0.3, 0.4) is 0 Å². The molecule has 4 rings (SSSR count). The number of nitrogens with zero attached hydrogens (tertiary/aromatic N) is 4. The number of carbonyl (C=O) groups is 2. The summed E-state index contributed by atoms with van der Waals surface area (Å²) in [5.41, 5.74) is 0.263. The summed E-state index contributed by atoms with van der Waals surface area (Å²) in [7, 11) is 0. The molecule has 4 heterocycles. The summed E-state index contributed by atoms with van der Waals surface area (Å²) in [5, 5.41) is 4.29. The first-order valence-electron chi connectivity index (χ1n) is 11.7. The quantitative estimate of drug-likeness (QED) is 0.469. The van der Waals surface area contributed by atoms with Crippen LogP contribution in [0.4, 0.5) is 9.59 Å². The number of fused-ring (bicyclic) bond motifs is 1. The normalized spacial score (nSPS) is 16.4. The van der Waals surface area contributed by atoms with E-state index in [4.69, 9.17) is 14.5 Å². The summed E-state index contributed by atoms with van der Waals surface area (Å²) in [5.74, 6) is 0.397. The van der Waals surface area contributed by atoms with Crippen LogP contribution in [0.2, 0.25) is 0 Å². The summed E-state index contributed by atoms with van der Waals surface area (Å²) in [6, 6.07) is 1.35. The van der Waals surface area contributed by atoms with Crippen LogP contribution in [0, 0.1) is 6.92 Å². The molecule has 192 valence electrons. The van der Waals surface area contributed by atoms with Gasteiger partial charge in [0, 0.05) is 23.2 Å². The Morgan fingerprint density at radius 2 is 1.75 bits per heavy atom. The molecule has 0 saturated heterocycles. The van der Waals surface area contributed by atoms with Crippen molar-refractivity contribution in [1.29, 1.82) is 0 Å². The number of aryl methyl sites for hydroxylation is 1. The van der Waals surface area contributed by atoms with Crippen LogP contribution in [-0.2, 0) is 9.47 Å². The Bertz CT molecular complexity index is 1400. The third-order valence-corrected chi connectivity index (χ3v) is 6.45. The Morgan fingerprint density at radius 1 is 1.08 bits per heavy atom. The van der Waals surface area contributed by atoms with Crippen molar-refractivity contribution in [3.63, 3.8) is 0 Å². The fourth-order valence-electron chi connectivity index (χ4n) is 3.80. The summed E-state index contributed by atoms with van der Waals surface area (Å²) in [4.78, 5) is 48.2. The highest BCUT2D eigenvalue weighted by atomic mass is 32.1. The number of thiophene rings is 1. The number of amides is 1. The van der Waals surface area contributed by atoms with Gasteiger partial charge in [0.15, 0.2) is 0 Å². The molecule has 0 bridgehead atoms. The number of aromatic amines is 1. The maximum Gasteiger partial charge on any atom is 0.435 e. The zero-order valence-electron chi connectivity index (χ0n) is 21.5. The minimum atomic E-state index is -0.649. The van der Waals surface area contributed by atoms with E-state index in [0.717, 1.165) is 9.56 Å². The molecule has 36 heavy (non-hydrogen) atoms. The number of H-pyrrole nitrogens is 1. The van der Waals surface area contributed by atoms with Crippen LogP contribution in [0.15, 0.2) is 29.2 Å². The van der Waals surface area contributed by atoms with Crippen molar-refractivity contribution in [2.45, 2.75) is 72.1 Å². The smallest absolute Gasteiger partial charge is 0.435 e. The molecule has 1 N–H and O–H groups in total. The summed E-state index contributed by atoms with van der Waals surface area (Å²) in [6.07, 6.45) is 4.92. The fraction of sp³-hybridized carbons (Fsp3) is 0.480. The van der Waals surface area contributed by atoms with Crippen LogP contribution < -0.4 is 5.56 Å². The average Bonchev–Trinajstić information content (AvgIpc) is 3.35. The van der Waals surface area contributed by atoms with Crippen molar-refractivity contribution in [2.75, 3.05) is 6.54 Å². The third kappa shape index (κ3) is 5.51. The van der Waals surface area contributed by atoms with Crippen LogP contribution in [0.1, 0.15) is 65.5 Å². The van der Waals surface area contributed by atoms with Gasteiger partial charge in [0.2, 0.25) is 0 Å². The predicted octanol–water partition coefficient (Wildman–Crippen LogP) is 5.18. The maximum atomic E-state index is 13.0. The Labute approximate surface area is 212 Å². The van der Waals surface area contributed by atoms with Crippen LogP contribution in [0.25, 0.3) is 20.7 Å². The van der Waals surface area contributed by atoms with E-state index in [1.54, 1.807) is 44.9 Å². The number of hydrogen-bond donors (Lipinski definition) is 1. The third-order valence-electron chi connectivity index (χ3n) is 5.29. The second-order valence-electron chi connectivity index (χ2n) is 10.7. The average molecular weight is 514 g/mol. The number of ether oxygens (including phenoxy) is 2. The van der Waals surface area contributed by atoms with Crippen molar-refractivity contribution in [3.05, 3.63) is 46.3 Å². The van der Waals surface area contributed by atoms with Crippen molar-refractivity contribution in [3.8, 4) is 10.4 Å². The van der Waals surface area contributed by atoms with E-state index in [2.05, 4.69) is 10.1 Å². The minimum Gasteiger partial charge on any atom is -0.444 e. The lowest BCUT2D eigenvalue weighted by Gasteiger charge is -2.33. The van der Waals surface area contributed by atoms with Gasteiger partial charge < -0.3 is 14.5 Å². The summed E-state index contributed by atoms with van der Waals surface area (Å²) in [6.45, 7) is 12.9. The van der Waals surface area contributed by atoms with Gasteiger partial charge in [-0.25, -0.2) is 14.6 Å². The maximum absolute atomic E-state index is 13.0. The van der Waals surface area contributed by atoms with E-state index >= 15 is 0 Å².